The number of nitrogens with zero attached hydrogens (tertiary/aromatic N) is 1. The van der Waals surface area contributed by atoms with Crippen LogP contribution in [0.4, 0.5) is 4.39 Å². The van der Waals surface area contributed by atoms with Gasteiger partial charge in [0.15, 0.2) is 11.5 Å². The van der Waals surface area contributed by atoms with Gasteiger partial charge in [-0.2, -0.15) is 0 Å². The first-order valence-electron chi connectivity index (χ1n) is 10.0. The van der Waals surface area contributed by atoms with E-state index in [2.05, 4.69) is 4.98 Å². The Bertz CT molecular complexity index is 1140. The van der Waals surface area contributed by atoms with E-state index in [4.69, 9.17) is 20.9 Å². The molecule has 7 nitrogen and oxygen atoms in total. The summed E-state index contributed by atoms with van der Waals surface area (Å²) in [6.45, 7) is 1.49. The molecule has 2 aliphatic rings. The van der Waals surface area contributed by atoms with Crippen LogP contribution in [0.1, 0.15) is 28.9 Å². The lowest BCUT2D eigenvalue weighted by Crippen LogP contribution is -2.40. The Hall–Kier alpha value is -3.10. The molecular formula is C22H23FN4O3. The Labute approximate surface area is 172 Å². The molecule has 156 valence electrons. The van der Waals surface area contributed by atoms with Crippen LogP contribution >= 0.6 is 0 Å². The number of halogens is 1. The average Bonchev–Trinajstić information content (AvgIpc) is 3.31. The molecule has 1 aromatic heterocycles. The number of aromatic amines is 1. The van der Waals surface area contributed by atoms with Crippen LogP contribution in [0.2, 0.25) is 0 Å². The summed E-state index contributed by atoms with van der Waals surface area (Å²) >= 11 is 0. The number of ether oxygens (including phenoxy) is 2. The van der Waals surface area contributed by atoms with Crippen molar-refractivity contribution in [3.8, 4) is 22.6 Å². The lowest BCUT2D eigenvalue weighted by molar-refractivity contribution is 0.0729. The van der Waals surface area contributed by atoms with E-state index >= 15 is 0 Å². The quantitative estimate of drug-likeness (QED) is 0.600. The number of carbonyl (C=O) groups excluding carboxylic acids is 1. The highest BCUT2D eigenvalue weighted by atomic mass is 19.1. The minimum Gasteiger partial charge on any atom is -0.454 e. The molecule has 1 unspecified atom stereocenters. The summed E-state index contributed by atoms with van der Waals surface area (Å²) in [5.41, 5.74) is 15.4. The van der Waals surface area contributed by atoms with Crippen molar-refractivity contribution < 1.29 is 18.7 Å². The van der Waals surface area contributed by atoms with E-state index in [9.17, 15) is 9.18 Å². The number of fused-ring (bicyclic) bond motifs is 6. The molecule has 1 amide bonds. The SMILES string of the molecule is NCCCC(N)CN1Cc2cc3c(cc2-c2c([nH]c4ccc(F)cc24)C1=O)OCO3. The molecule has 1 atom stereocenters. The third kappa shape index (κ3) is 3.09. The van der Waals surface area contributed by atoms with E-state index in [1.807, 2.05) is 12.1 Å². The topological polar surface area (TPSA) is 107 Å². The Morgan fingerprint density at radius 1 is 1.20 bits per heavy atom. The summed E-state index contributed by atoms with van der Waals surface area (Å²) in [5.74, 6) is 0.737. The van der Waals surface area contributed by atoms with Crippen LogP contribution < -0.4 is 20.9 Å². The van der Waals surface area contributed by atoms with Crippen LogP contribution in [0.25, 0.3) is 22.0 Å². The number of benzene rings is 2. The maximum Gasteiger partial charge on any atom is 0.271 e. The molecule has 0 saturated heterocycles. The van der Waals surface area contributed by atoms with Gasteiger partial charge in [0.05, 0.1) is 0 Å². The van der Waals surface area contributed by atoms with E-state index < -0.39 is 0 Å². The Morgan fingerprint density at radius 3 is 2.80 bits per heavy atom. The fourth-order valence-electron chi connectivity index (χ4n) is 4.29. The molecule has 0 radical (unpaired) electrons. The number of H-pyrrole nitrogens is 1. The molecule has 8 heteroatoms. The molecule has 2 aliphatic heterocycles. The van der Waals surface area contributed by atoms with E-state index in [-0.39, 0.29) is 24.6 Å². The maximum absolute atomic E-state index is 14.1. The van der Waals surface area contributed by atoms with Crippen LogP contribution in [0.5, 0.6) is 11.5 Å². The molecule has 0 spiro atoms. The minimum absolute atomic E-state index is 0.153. The van der Waals surface area contributed by atoms with Gasteiger partial charge in [0.2, 0.25) is 6.79 Å². The molecule has 0 bridgehead atoms. The minimum atomic E-state index is -0.357. The first-order chi connectivity index (χ1) is 14.5. The summed E-state index contributed by atoms with van der Waals surface area (Å²) in [5, 5.41) is 0.660. The fourth-order valence-corrected chi connectivity index (χ4v) is 4.29. The third-order valence-corrected chi connectivity index (χ3v) is 5.72. The number of aromatic nitrogens is 1. The lowest BCUT2D eigenvalue weighted by atomic mass is 9.97. The van der Waals surface area contributed by atoms with Gasteiger partial charge >= 0.3 is 0 Å². The van der Waals surface area contributed by atoms with Crippen molar-refractivity contribution in [1.29, 1.82) is 0 Å². The number of carbonyl (C=O) groups is 1. The van der Waals surface area contributed by atoms with Gasteiger partial charge in [-0.1, -0.05) is 0 Å². The largest absolute Gasteiger partial charge is 0.454 e. The number of hydrogen-bond donors (Lipinski definition) is 3. The van der Waals surface area contributed by atoms with Crippen molar-refractivity contribution in [1.82, 2.24) is 9.88 Å². The molecule has 30 heavy (non-hydrogen) atoms. The van der Waals surface area contributed by atoms with Crippen LogP contribution in [0, 0.1) is 5.82 Å². The molecule has 0 aliphatic carbocycles. The summed E-state index contributed by atoms with van der Waals surface area (Å²) in [6, 6.07) is 8.07. The van der Waals surface area contributed by atoms with Gasteiger partial charge in [-0.25, -0.2) is 4.39 Å². The molecular weight excluding hydrogens is 387 g/mol. The summed E-state index contributed by atoms with van der Waals surface area (Å²) in [6.07, 6.45) is 1.54. The second-order valence-corrected chi connectivity index (χ2v) is 7.80. The third-order valence-electron chi connectivity index (χ3n) is 5.72. The van der Waals surface area contributed by atoms with Gasteiger partial charge in [0.25, 0.3) is 5.91 Å². The monoisotopic (exact) mass is 410 g/mol. The molecule has 2 aromatic carbocycles. The normalized spacial score (nSPS) is 15.8. The Balaban J connectivity index is 1.67. The second-order valence-electron chi connectivity index (χ2n) is 7.80. The van der Waals surface area contributed by atoms with Crippen LogP contribution in [-0.2, 0) is 6.54 Å². The fraction of sp³-hybridized carbons (Fsp3) is 0.318. The Kier molecular flexibility index (Phi) is 4.60. The highest BCUT2D eigenvalue weighted by Gasteiger charge is 2.32. The lowest BCUT2D eigenvalue weighted by Gasteiger charge is -2.25. The van der Waals surface area contributed by atoms with E-state index in [1.54, 1.807) is 11.0 Å². The molecule has 5 N–H and O–H groups in total. The van der Waals surface area contributed by atoms with Gasteiger partial charge in [-0.05, 0) is 60.8 Å². The van der Waals surface area contributed by atoms with Gasteiger partial charge < -0.3 is 30.8 Å². The predicted octanol–water partition coefficient (Wildman–Crippen LogP) is 2.72. The number of hydrogen-bond acceptors (Lipinski definition) is 5. The standard InChI is InChI=1S/C22H23FN4O3/c23-13-3-4-17-16(7-13)20-15-8-19-18(29-11-30-19)6-12(15)9-27(22(28)21(20)26-17)10-14(25)2-1-5-24/h3-4,6-8,14,26H,1-2,5,9-11,24-25H2. The van der Waals surface area contributed by atoms with E-state index in [0.29, 0.717) is 53.3 Å². The van der Waals surface area contributed by atoms with Crippen molar-refractivity contribution in [3.63, 3.8) is 0 Å². The maximum atomic E-state index is 14.1. The van der Waals surface area contributed by atoms with E-state index in [1.165, 1.54) is 12.1 Å². The first kappa shape index (κ1) is 18.9. The van der Waals surface area contributed by atoms with Crippen molar-refractivity contribution in [2.45, 2.75) is 25.4 Å². The number of nitrogens with one attached hydrogen (secondary N) is 1. The number of rotatable bonds is 5. The van der Waals surface area contributed by atoms with Crippen molar-refractivity contribution >= 4 is 16.8 Å². The number of amides is 1. The average molecular weight is 410 g/mol. The van der Waals surface area contributed by atoms with Gasteiger partial charge in [-0.3, -0.25) is 4.79 Å². The van der Waals surface area contributed by atoms with Crippen molar-refractivity contribution in [3.05, 3.63) is 47.4 Å². The van der Waals surface area contributed by atoms with Gasteiger partial charge in [0, 0.05) is 35.6 Å². The van der Waals surface area contributed by atoms with Gasteiger partial charge in [-0.15, -0.1) is 0 Å². The Morgan fingerprint density at radius 2 is 2.00 bits per heavy atom. The van der Waals surface area contributed by atoms with E-state index in [0.717, 1.165) is 24.0 Å². The molecule has 3 heterocycles. The highest BCUT2D eigenvalue weighted by Crippen LogP contribution is 2.44. The summed E-state index contributed by atoms with van der Waals surface area (Å²) < 4.78 is 25.2. The van der Waals surface area contributed by atoms with Crippen molar-refractivity contribution in [2.24, 2.45) is 11.5 Å². The van der Waals surface area contributed by atoms with Crippen LogP contribution in [0.3, 0.4) is 0 Å². The first-order valence-corrected chi connectivity index (χ1v) is 10.0. The number of nitrogens with two attached hydrogens (primary N) is 2. The summed E-state index contributed by atoms with van der Waals surface area (Å²) in [7, 11) is 0. The molecule has 0 saturated carbocycles. The second kappa shape index (κ2) is 7.30. The molecule has 5 rings (SSSR count). The zero-order chi connectivity index (χ0) is 20.8. The van der Waals surface area contributed by atoms with Crippen LogP contribution in [0.15, 0.2) is 30.3 Å². The van der Waals surface area contributed by atoms with Crippen molar-refractivity contribution in [2.75, 3.05) is 19.9 Å². The predicted molar refractivity (Wildman–Crippen MR) is 111 cm³/mol. The van der Waals surface area contributed by atoms with Crippen LogP contribution in [-0.4, -0.2) is 41.7 Å². The summed E-state index contributed by atoms with van der Waals surface area (Å²) in [4.78, 5) is 18.4. The molecule has 3 aromatic rings. The smallest absolute Gasteiger partial charge is 0.271 e. The zero-order valence-corrected chi connectivity index (χ0v) is 16.4. The van der Waals surface area contributed by atoms with Gasteiger partial charge in [0.1, 0.15) is 11.5 Å². The zero-order valence-electron chi connectivity index (χ0n) is 16.4. The highest BCUT2D eigenvalue weighted by molar-refractivity contribution is 6.11. The molecule has 0 fully saturated rings.